The van der Waals surface area contributed by atoms with Crippen LogP contribution in [0.3, 0.4) is 0 Å². The molecule has 0 aromatic heterocycles. The standard InChI is InChI=1S/C10H22OSi.C4H6O/c1-9(2)7-8-10(3)11-12(4,5)6;1-3-4(2)5/h8-9H,7H2,1-6H3;3H,1H2,2H3. The highest BCUT2D eigenvalue weighted by molar-refractivity contribution is 6.70. The number of rotatable bonds is 5. The number of ketones is 1. The molecule has 0 saturated carbocycles. The summed E-state index contributed by atoms with van der Waals surface area (Å²) in [6.45, 7) is 17.8. The van der Waals surface area contributed by atoms with E-state index in [1.807, 2.05) is 0 Å². The van der Waals surface area contributed by atoms with E-state index in [9.17, 15) is 4.79 Å². The lowest BCUT2D eigenvalue weighted by molar-refractivity contribution is -0.112. The van der Waals surface area contributed by atoms with Gasteiger partial charge in [0.1, 0.15) is 0 Å². The maximum atomic E-state index is 9.69. The molecule has 2 nitrogen and oxygen atoms in total. The molecule has 0 aliphatic carbocycles. The van der Waals surface area contributed by atoms with Crippen LogP contribution in [-0.2, 0) is 9.22 Å². The zero-order valence-electron chi connectivity index (χ0n) is 12.5. The minimum atomic E-state index is -1.36. The predicted octanol–water partition coefficient (Wildman–Crippen LogP) is 4.55. The summed E-state index contributed by atoms with van der Waals surface area (Å²) in [5.41, 5.74) is 0. The molecule has 0 aromatic rings. The Labute approximate surface area is 108 Å². The molecule has 0 heterocycles. The van der Waals surface area contributed by atoms with E-state index in [1.54, 1.807) is 0 Å². The van der Waals surface area contributed by atoms with Gasteiger partial charge >= 0.3 is 0 Å². The van der Waals surface area contributed by atoms with Gasteiger partial charge in [0.2, 0.25) is 8.32 Å². The SMILES string of the molecule is C=CC(C)=O.CC(=CCC(C)C)O[Si](C)(C)C. The zero-order chi connectivity index (χ0) is 14.1. The van der Waals surface area contributed by atoms with E-state index in [0.717, 1.165) is 18.1 Å². The normalized spacial score (nSPS) is 11.6. The first-order valence-corrected chi connectivity index (χ1v) is 9.48. The minimum Gasteiger partial charge on any atom is -0.548 e. The van der Waals surface area contributed by atoms with Crippen molar-refractivity contribution in [1.82, 2.24) is 0 Å². The molecule has 0 bridgehead atoms. The van der Waals surface area contributed by atoms with Crippen molar-refractivity contribution in [3.63, 3.8) is 0 Å². The van der Waals surface area contributed by atoms with Crippen LogP contribution in [-0.4, -0.2) is 14.1 Å². The third kappa shape index (κ3) is 21.1. The number of carbonyl (C=O) groups excluding carboxylic acids is 1. The first kappa shape index (κ1) is 18.5. The maximum Gasteiger partial charge on any atom is 0.241 e. The first-order chi connectivity index (χ1) is 7.58. The summed E-state index contributed by atoms with van der Waals surface area (Å²) in [7, 11) is -1.36. The van der Waals surface area contributed by atoms with Crippen LogP contribution in [0, 0.1) is 5.92 Å². The second-order valence-electron chi connectivity index (χ2n) is 5.47. The van der Waals surface area contributed by atoms with Gasteiger partial charge in [-0.05, 0) is 58.0 Å². The number of carbonyl (C=O) groups is 1. The highest BCUT2D eigenvalue weighted by atomic mass is 28.4. The second-order valence-corrected chi connectivity index (χ2v) is 9.90. The number of allylic oxidation sites excluding steroid dienone is 3. The van der Waals surface area contributed by atoms with E-state index < -0.39 is 8.32 Å². The third-order valence-corrected chi connectivity index (χ3v) is 2.57. The zero-order valence-corrected chi connectivity index (χ0v) is 13.5. The van der Waals surface area contributed by atoms with Gasteiger partial charge in [-0.25, -0.2) is 0 Å². The van der Waals surface area contributed by atoms with Crippen molar-refractivity contribution < 1.29 is 9.22 Å². The van der Waals surface area contributed by atoms with Crippen LogP contribution in [0.15, 0.2) is 24.5 Å². The topological polar surface area (TPSA) is 26.3 Å². The summed E-state index contributed by atoms with van der Waals surface area (Å²) in [6.07, 6.45) is 4.60. The number of hydrogen-bond donors (Lipinski definition) is 0. The van der Waals surface area contributed by atoms with E-state index in [-0.39, 0.29) is 5.78 Å². The molecule has 0 radical (unpaired) electrons. The van der Waals surface area contributed by atoms with Gasteiger partial charge in [-0.2, -0.15) is 0 Å². The van der Waals surface area contributed by atoms with E-state index in [2.05, 4.69) is 53.1 Å². The monoisotopic (exact) mass is 256 g/mol. The van der Waals surface area contributed by atoms with Crippen LogP contribution < -0.4 is 0 Å². The van der Waals surface area contributed by atoms with Crippen molar-refractivity contribution in [3.8, 4) is 0 Å². The van der Waals surface area contributed by atoms with Crippen LogP contribution in [0.1, 0.15) is 34.1 Å². The summed E-state index contributed by atoms with van der Waals surface area (Å²) in [5.74, 6) is 1.85. The minimum absolute atomic E-state index is 0.0185. The lowest BCUT2D eigenvalue weighted by atomic mass is 10.1. The Morgan fingerprint density at radius 3 is 1.94 bits per heavy atom. The fourth-order valence-electron chi connectivity index (χ4n) is 0.926. The second kappa shape index (κ2) is 9.22. The molecular weight excluding hydrogens is 228 g/mol. The van der Waals surface area contributed by atoms with Crippen molar-refractivity contribution in [2.24, 2.45) is 5.92 Å². The summed E-state index contributed by atoms with van der Waals surface area (Å²) >= 11 is 0. The molecule has 0 aromatic carbocycles. The Hall–Kier alpha value is -0.833. The van der Waals surface area contributed by atoms with Crippen molar-refractivity contribution in [1.29, 1.82) is 0 Å². The molecule has 0 rings (SSSR count). The molecule has 17 heavy (non-hydrogen) atoms. The lowest BCUT2D eigenvalue weighted by Crippen LogP contribution is -2.24. The largest absolute Gasteiger partial charge is 0.548 e. The number of hydrogen-bond acceptors (Lipinski definition) is 2. The molecule has 0 spiro atoms. The Morgan fingerprint density at radius 1 is 1.29 bits per heavy atom. The van der Waals surface area contributed by atoms with Gasteiger partial charge in [0.15, 0.2) is 5.78 Å². The summed E-state index contributed by atoms with van der Waals surface area (Å²) in [4.78, 5) is 9.69. The van der Waals surface area contributed by atoms with Gasteiger partial charge in [0.05, 0.1) is 5.76 Å². The molecule has 0 amide bonds. The summed E-state index contributed by atoms with van der Waals surface area (Å²) in [5, 5.41) is 0. The Bertz CT molecular complexity index is 260. The van der Waals surface area contributed by atoms with Gasteiger partial charge in [-0.15, -0.1) is 0 Å². The van der Waals surface area contributed by atoms with Crippen LogP contribution in [0.5, 0.6) is 0 Å². The highest BCUT2D eigenvalue weighted by Gasteiger charge is 2.15. The smallest absolute Gasteiger partial charge is 0.241 e. The van der Waals surface area contributed by atoms with Gasteiger partial charge in [-0.3, -0.25) is 4.79 Å². The van der Waals surface area contributed by atoms with Gasteiger partial charge in [-0.1, -0.05) is 20.4 Å². The Morgan fingerprint density at radius 2 is 1.71 bits per heavy atom. The highest BCUT2D eigenvalue weighted by Crippen LogP contribution is 2.11. The van der Waals surface area contributed by atoms with E-state index in [1.165, 1.54) is 13.0 Å². The van der Waals surface area contributed by atoms with Gasteiger partial charge in [0, 0.05) is 0 Å². The average molecular weight is 256 g/mol. The predicted molar refractivity (Wildman–Crippen MR) is 78.5 cm³/mol. The molecule has 3 heteroatoms. The molecule has 0 aliphatic rings. The molecule has 0 unspecified atom stereocenters. The first-order valence-electron chi connectivity index (χ1n) is 6.07. The van der Waals surface area contributed by atoms with E-state index >= 15 is 0 Å². The van der Waals surface area contributed by atoms with Gasteiger partial charge in [0.25, 0.3) is 0 Å². The molecule has 0 saturated heterocycles. The lowest BCUT2D eigenvalue weighted by Gasteiger charge is -2.19. The van der Waals surface area contributed by atoms with Crippen LogP contribution in [0.25, 0.3) is 0 Å². The van der Waals surface area contributed by atoms with E-state index in [0.29, 0.717) is 0 Å². The van der Waals surface area contributed by atoms with Gasteiger partial charge < -0.3 is 4.43 Å². The Kier molecular flexibility index (Phi) is 10.1. The Balaban J connectivity index is 0. The van der Waals surface area contributed by atoms with Crippen molar-refractivity contribution in [3.05, 3.63) is 24.5 Å². The molecular formula is C14H28O2Si. The van der Waals surface area contributed by atoms with Crippen LogP contribution >= 0.6 is 0 Å². The quantitative estimate of drug-likeness (QED) is 0.410. The summed E-state index contributed by atoms with van der Waals surface area (Å²) in [6, 6.07) is 0. The third-order valence-electron chi connectivity index (χ3n) is 1.63. The fraction of sp³-hybridized carbons (Fsp3) is 0.643. The molecule has 100 valence electrons. The van der Waals surface area contributed by atoms with Crippen molar-refractivity contribution in [2.75, 3.05) is 0 Å². The summed E-state index contributed by atoms with van der Waals surface area (Å²) < 4.78 is 5.79. The molecule has 0 aliphatic heterocycles. The van der Waals surface area contributed by atoms with E-state index in [4.69, 9.17) is 4.43 Å². The average Bonchev–Trinajstić information content (AvgIpc) is 2.13. The van der Waals surface area contributed by atoms with Crippen molar-refractivity contribution in [2.45, 2.75) is 53.8 Å². The van der Waals surface area contributed by atoms with Crippen molar-refractivity contribution >= 4 is 14.1 Å². The maximum absolute atomic E-state index is 9.69. The molecule has 0 fully saturated rings. The fourth-order valence-corrected chi connectivity index (χ4v) is 1.98. The van der Waals surface area contributed by atoms with Crippen LogP contribution in [0.2, 0.25) is 19.6 Å². The molecule has 0 atom stereocenters. The van der Waals surface area contributed by atoms with Crippen LogP contribution in [0.4, 0.5) is 0 Å². The molecule has 0 N–H and O–H groups in total.